The van der Waals surface area contributed by atoms with Gasteiger partial charge < -0.3 is 25.5 Å². The van der Waals surface area contributed by atoms with Crippen LogP contribution in [0.3, 0.4) is 0 Å². The molecule has 0 bridgehead atoms. The summed E-state index contributed by atoms with van der Waals surface area (Å²) in [5.41, 5.74) is 0. The summed E-state index contributed by atoms with van der Waals surface area (Å²) >= 11 is 0. The van der Waals surface area contributed by atoms with Gasteiger partial charge in [-0.3, -0.25) is 0 Å². The monoisotopic (exact) mass is 180 g/mol. The van der Waals surface area contributed by atoms with Gasteiger partial charge in [-0.1, -0.05) is 0 Å². The van der Waals surface area contributed by atoms with E-state index in [1.54, 1.807) is 0 Å². The minimum absolute atomic E-state index is 1.80. The molecule has 1 unspecified atom stereocenters. The highest BCUT2D eigenvalue weighted by molar-refractivity contribution is 5.77. The Hall–Kier alpha value is -1.18. The number of rotatable bonds is 4. The van der Waals surface area contributed by atoms with E-state index in [1.165, 1.54) is 0 Å². The molecule has 0 rings (SSSR count). The fourth-order valence-corrected chi connectivity index (χ4v) is 0.465. The fraction of sp³-hybridized carbons (Fsp3) is 0.600. The second-order valence-corrected chi connectivity index (χ2v) is 2.06. The summed E-state index contributed by atoms with van der Waals surface area (Å²) in [7, 11) is 0. The summed E-state index contributed by atoms with van der Waals surface area (Å²) in [4.78, 5) is 19.9. The summed E-state index contributed by atoms with van der Waals surface area (Å²) in [6.07, 6.45) is -6.85. The number of aliphatic hydroxyl groups is 3. The van der Waals surface area contributed by atoms with E-state index in [0.29, 0.717) is 0 Å². The van der Waals surface area contributed by atoms with Crippen LogP contribution in [0.25, 0.3) is 0 Å². The molecular weight excluding hydrogens is 172 g/mol. The zero-order valence-electron chi connectivity index (χ0n) is 5.78. The summed E-state index contributed by atoms with van der Waals surface area (Å²) in [6.45, 7) is 0. The molecule has 0 aliphatic carbocycles. The van der Waals surface area contributed by atoms with Gasteiger partial charge in [0, 0.05) is 0 Å². The molecule has 7 nitrogen and oxygen atoms in total. The Labute approximate surface area is 66.5 Å². The van der Waals surface area contributed by atoms with E-state index in [2.05, 4.69) is 0 Å². The van der Waals surface area contributed by atoms with E-state index in [4.69, 9.17) is 25.5 Å². The SMILES string of the molecule is O=C(O)[C@@H](O)C(O)[C@@H](O)C(=O)O. The number of carboxylic acids is 2. The lowest BCUT2D eigenvalue weighted by Crippen LogP contribution is -2.45. The van der Waals surface area contributed by atoms with Gasteiger partial charge in [-0.15, -0.1) is 0 Å². The molecular formula is C5H8O7. The molecule has 0 aromatic rings. The first-order valence-electron chi connectivity index (χ1n) is 2.87. The van der Waals surface area contributed by atoms with Crippen molar-refractivity contribution in [2.75, 3.05) is 0 Å². The molecule has 12 heavy (non-hydrogen) atoms. The number of aliphatic hydroxyl groups excluding tert-OH is 3. The molecule has 5 N–H and O–H groups in total. The molecule has 0 aliphatic rings. The molecule has 7 heteroatoms. The standard InChI is InChI=1S/C5H8O7/c6-1(2(7)4(9)10)3(8)5(11)12/h1-3,6-8H,(H,9,10)(H,11,12)/t1?,2-,3+. The highest BCUT2D eigenvalue weighted by atomic mass is 16.4. The van der Waals surface area contributed by atoms with E-state index in [1.807, 2.05) is 0 Å². The number of hydrogen-bond donors (Lipinski definition) is 5. The Morgan fingerprint density at radius 2 is 1.08 bits per heavy atom. The van der Waals surface area contributed by atoms with E-state index in [-0.39, 0.29) is 0 Å². The van der Waals surface area contributed by atoms with Crippen molar-refractivity contribution in [3.05, 3.63) is 0 Å². The van der Waals surface area contributed by atoms with Gasteiger partial charge in [0.1, 0.15) is 6.10 Å². The van der Waals surface area contributed by atoms with E-state index >= 15 is 0 Å². The Balaban J connectivity index is 4.28. The van der Waals surface area contributed by atoms with Gasteiger partial charge in [0.15, 0.2) is 12.2 Å². The third-order valence-electron chi connectivity index (χ3n) is 1.15. The molecule has 0 aromatic carbocycles. The van der Waals surface area contributed by atoms with E-state index in [0.717, 1.165) is 0 Å². The summed E-state index contributed by atoms with van der Waals surface area (Å²) in [5, 5.41) is 41.9. The zero-order chi connectivity index (χ0) is 9.89. The molecule has 0 fully saturated rings. The highest BCUT2D eigenvalue weighted by Crippen LogP contribution is 2.00. The predicted octanol–water partition coefficient (Wildman–Crippen LogP) is -2.76. The van der Waals surface area contributed by atoms with Gasteiger partial charge in [-0.05, 0) is 0 Å². The quantitative estimate of drug-likeness (QED) is 0.316. The van der Waals surface area contributed by atoms with Gasteiger partial charge in [0.05, 0.1) is 0 Å². The molecule has 0 amide bonds. The summed E-state index contributed by atoms with van der Waals surface area (Å²) < 4.78 is 0. The topological polar surface area (TPSA) is 135 Å². The molecule has 0 saturated carbocycles. The molecule has 0 radical (unpaired) electrons. The first-order valence-corrected chi connectivity index (χ1v) is 2.87. The largest absolute Gasteiger partial charge is 0.479 e. The lowest BCUT2D eigenvalue weighted by molar-refractivity contribution is -0.167. The maximum absolute atomic E-state index is 9.95. The minimum Gasteiger partial charge on any atom is -0.479 e. The van der Waals surface area contributed by atoms with Crippen LogP contribution in [0.2, 0.25) is 0 Å². The number of aliphatic carboxylic acids is 2. The third kappa shape index (κ3) is 2.46. The number of carbonyl (C=O) groups is 2. The van der Waals surface area contributed by atoms with Gasteiger partial charge >= 0.3 is 11.9 Å². The van der Waals surface area contributed by atoms with Crippen molar-refractivity contribution in [1.82, 2.24) is 0 Å². The smallest absolute Gasteiger partial charge is 0.335 e. The van der Waals surface area contributed by atoms with Crippen LogP contribution < -0.4 is 0 Å². The number of hydrogen-bond acceptors (Lipinski definition) is 5. The molecule has 0 aromatic heterocycles. The summed E-state index contributed by atoms with van der Waals surface area (Å²) in [6, 6.07) is 0. The van der Waals surface area contributed by atoms with Gasteiger partial charge in [0.2, 0.25) is 0 Å². The van der Waals surface area contributed by atoms with Crippen molar-refractivity contribution in [3.63, 3.8) is 0 Å². The fourth-order valence-electron chi connectivity index (χ4n) is 0.465. The van der Waals surface area contributed by atoms with Crippen LogP contribution in [-0.2, 0) is 9.59 Å². The van der Waals surface area contributed by atoms with Crippen LogP contribution in [0, 0.1) is 0 Å². The van der Waals surface area contributed by atoms with Crippen LogP contribution in [0.4, 0.5) is 0 Å². The number of carboxylic acid groups (broad SMARTS) is 2. The lowest BCUT2D eigenvalue weighted by Gasteiger charge is -2.16. The van der Waals surface area contributed by atoms with Crippen LogP contribution in [0.1, 0.15) is 0 Å². The zero-order valence-corrected chi connectivity index (χ0v) is 5.78. The first kappa shape index (κ1) is 10.8. The normalized spacial score (nSPS) is 17.9. The second kappa shape index (κ2) is 4.00. The van der Waals surface area contributed by atoms with Gasteiger partial charge in [-0.2, -0.15) is 0 Å². The van der Waals surface area contributed by atoms with Crippen molar-refractivity contribution in [2.45, 2.75) is 18.3 Å². The molecule has 0 spiro atoms. The Morgan fingerprint density at radius 3 is 1.25 bits per heavy atom. The first-order chi connectivity index (χ1) is 5.37. The molecule has 0 heterocycles. The van der Waals surface area contributed by atoms with Crippen LogP contribution in [0.5, 0.6) is 0 Å². The van der Waals surface area contributed by atoms with E-state index in [9.17, 15) is 9.59 Å². The van der Waals surface area contributed by atoms with Gasteiger partial charge in [-0.25, -0.2) is 9.59 Å². The van der Waals surface area contributed by atoms with Gasteiger partial charge in [0.25, 0.3) is 0 Å². The molecule has 3 atom stereocenters. The molecule has 0 saturated heterocycles. The van der Waals surface area contributed by atoms with Crippen LogP contribution in [0.15, 0.2) is 0 Å². The minimum atomic E-state index is -2.31. The van der Waals surface area contributed by atoms with Crippen molar-refractivity contribution in [2.24, 2.45) is 0 Å². The Morgan fingerprint density at radius 1 is 0.833 bits per heavy atom. The second-order valence-electron chi connectivity index (χ2n) is 2.06. The molecule has 70 valence electrons. The predicted molar refractivity (Wildman–Crippen MR) is 33.3 cm³/mol. The van der Waals surface area contributed by atoms with Crippen molar-refractivity contribution >= 4 is 11.9 Å². The maximum atomic E-state index is 9.95. The highest BCUT2D eigenvalue weighted by Gasteiger charge is 2.34. The van der Waals surface area contributed by atoms with Crippen molar-refractivity contribution in [3.8, 4) is 0 Å². The van der Waals surface area contributed by atoms with Crippen molar-refractivity contribution < 1.29 is 35.1 Å². The van der Waals surface area contributed by atoms with Crippen molar-refractivity contribution in [1.29, 1.82) is 0 Å². The Bertz CT molecular complexity index is 168. The third-order valence-corrected chi connectivity index (χ3v) is 1.15. The average molecular weight is 180 g/mol. The van der Waals surface area contributed by atoms with E-state index < -0.39 is 30.3 Å². The molecule has 0 aliphatic heterocycles. The maximum Gasteiger partial charge on any atom is 0.335 e. The average Bonchev–Trinajstić information content (AvgIpc) is 2.00. The lowest BCUT2D eigenvalue weighted by atomic mass is 10.1. The Kier molecular flexibility index (Phi) is 3.61. The van der Waals surface area contributed by atoms with Crippen LogP contribution >= 0.6 is 0 Å². The van der Waals surface area contributed by atoms with Crippen LogP contribution in [-0.4, -0.2) is 55.8 Å². The summed E-state index contributed by atoms with van der Waals surface area (Å²) in [5.74, 6) is -3.61.